The lowest BCUT2D eigenvalue weighted by molar-refractivity contribution is -0.119. The molecule has 2 rings (SSSR count). The predicted molar refractivity (Wildman–Crippen MR) is 46.2 cm³/mol. The van der Waals surface area contributed by atoms with Gasteiger partial charge in [0.15, 0.2) is 0 Å². The molecule has 0 aliphatic carbocycles. The molecule has 13 heavy (non-hydrogen) atoms. The summed E-state index contributed by atoms with van der Waals surface area (Å²) in [5.41, 5.74) is -0.338. The number of carbonyl (C=O) groups excluding carboxylic acids is 1. The fourth-order valence-electron chi connectivity index (χ4n) is 2.68. The van der Waals surface area contributed by atoms with Crippen molar-refractivity contribution in [1.82, 2.24) is 0 Å². The van der Waals surface area contributed by atoms with Gasteiger partial charge in [0.2, 0.25) is 0 Å². The van der Waals surface area contributed by atoms with Gasteiger partial charge in [0.1, 0.15) is 6.29 Å². The van der Waals surface area contributed by atoms with Crippen LogP contribution in [-0.4, -0.2) is 25.2 Å². The maximum absolute atomic E-state index is 12.0. The molecule has 3 unspecified atom stereocenters. The first kappa shape index (κ1) is 9.13. The van der Waals surface area contributed by atoms with Crippen LogP contribution in [0.5, 0.6) is 0 Å². The van der Waals surface area contributed by atoms with Crippen molar-refractivity contribution >= 4 is 6.29 Å². The largest absolute Gasteiger partial charge is 0.374 e. The van der Waals surface area contributed by atoms with Gasteiger partial charge in [-0.3, -0.25) is 4.39 Å². The normalized spacial score (nSPS) is 42.5. The lowest BCUT2D eigenvalue weighted by atomic mass is 9.72. The van der Waals surface area contributed by atoms with Crippen molar-refractivity contribution in [2.75, 3.05) is 6.67 Å². The van der Waals surface area contributed by atoms with Crippen LogP contribution in [-0.2, 0) is 9.53 Å². The number of aldehydes is 1. The Kier molecular flexibility index (Phi) is 2.37. The highest BCUT2D eigenvalue weighted by Crippen LogP contribution is 2.48. The summed E-state index contributed by atoms with van der Waals surface area (Å²) < 4.78 is 17.7. The first-order chi connectivity index (χ1) is 6.30. The van der Waals surface area contributed by atoms with E-state index in [0.29, 0.717) is 12.8 Å². The van der Waals surface area contributed by atoms with Crippen LogP contribution < -0.4 is 0 Å². The fraction of sp³-hybridized carbons (Fsp3) is 0.900. The molecule has 0 amide bonds. The SMILES string of the molecule is O=CC1(CCCF)CC2CCC1O2. The number of hydrogen-bond acceptors (Lipinski definition) is 2. The zero-order chi connectivity index (χ0) is 9.31. The smallest absolute Gasteiger partial charge is 0.128 e. The quantitative estimate of drug-likeness (QED) is 0.626. The van der Waals surface area contributed by atoms with Crippen LogP contribution >= 0.6 is 0 Å². The van der Waals surface area contributed by atoms with Gasteiger partial charge in [-0.25, -0.2) is 0 Å². The number of hydrogen-bond donors (Lipinski definition) is 0. The summed E-state index contributed by atoms with van der Waals surface area (Å²) in [6.45, 7) is -0.326. The van der Waals surface area contributed by atoms with Gasteiger partial charge in [-0.2, -0.15) is 0 Å². The molecule has 0 aromatic carbocycles. The minimum atomic E-state index is -0.338. The standard InChI is InChI=1S/C10H15FO2/c11-5-1-4-10(7-12)6-8-2-3-9(10)13-8/h7-9H,1-6H2. The average Bonchev–Trinajstić information content (AvgIpc) is 2.74. The maximum atomic E-state index is 12.0. The van der Waals surface area contributed by atoms with Crippen LogP contribution in [0.1, 0.15) is 32.1 Å². The molecule has 2 aliphatic heterocycles. The lowest BCUT2D eigenvalue weighted by Gasteiger charge is -2.29. The molecule has 2 bridgehead atoms. The van der Waals surface area contributed by atoms with Crippen molar-refractivity contribution < 1.29 is 13.9 Å². The van der Waals surface area contributed by atoms with E-state index in [2.05, 4.69) is 0 Å². The van der Waals surface area contributed by atoms with Crippen molar-refractivity contribution in [3.05, 3.63) is 0 Å². The maximum Gasteiger partial charge on any atom is 0.128 e. The molecule has 2 saturated heterocycles. The van der Waals surface area contributed by atoms with Crippen molar-refractivity contribution in [3.63, 3.8) is 0 Å². The molecule has 2 nitrogen and oxygen atoms in total. The summed E-state index contributed by atoms with van der Waals surface area (Å²) in [7, 11) is 0. The Bertz CT molecular complexity index is 207. The molecule has 2 fully saturated rings. The number of halogens is 1. The van der Waals surface area contributed by atoms with E-state index in [1.807, 2.05) is 0 Å². The Morgan fingerprint density at radius 2 is 2.38 bits per heavy atom. The topological polar surface area (TPSA) is 26.3 Å². The number of carbonyl (C=O) groups is 1. The monoisotopic (exact) mass is 186 g/mol. The Hall–Kier alpha value is -0.440. The van der Waals surface area contributed by atoms with Crippen LogP contribution in [0, 0.1) is 5.41 Å². The van der Waals surface area contributed by atoms with E-state index in [0.717, 1.165) is 25.5 Å². The Labute approximate surface area is 77.5 Å². The van der Waals surface area contributed by atoms with E-state index >= 15 is 0 Å². The molecule has 0 aromatic heterocycles. The van der Waals surface area contributed by atoms with E-state index in [9.17, 15) is 9.18 Å². The van der Waals surface area contributed by atoms with Gasteiger partial charge < -0.3 is 9.53 Å². The third-order valence-electron chi connectivity index (χ3n) is 3.37. The van der Waals surface area contributed by atoms with Crippen molar-refractivity contribution in [1.29, 1.82) is 0 Å². The second-order valence-electron chi connectivity index (χ2n) is 4.17. The molecule has 74 valence electrons. The Balaban J connectivity index is 2.03. The van der Waals surface area contributed by atoms with Crippen molar-refractivity contribution in [2.24, 2.45) is 5.41 Å². The third-order valence-corrected chi connectivity index (χ3v) is 3.37. The number of ether oxygens (including phenoxy) is 1. The molecule has 0 saturated carbocycles. The van der Waals surface area contributed by atoms with Gasteiger partial charge in [-0.05, 0) is 32.1 Å². The van der Waals surface area contributed by atoms with Crippen LogP contribution in [0.25, 0.3) is 0 Å². The van der Waals surface area contributed by atoms with Gasteiger partial charge in [0, 0.05) is 0 Å². The molecule has 0 radical (unpaired) electrons. The summed E-state index contributed by atoms with van der Waals surface area (Å²) >= 11 is 0. The molecular weight excluding hydrogens is 171 g/mol. The number of rotatable bonds is 4. The Morgan fingerprint density at radius 3 is 2.85 bits per heavy atom. The Morgan fingerprint density at radius 1 is 1.54 bits per heavy atom. The van der Waals surface area contributed by atoms with Crippen LogP contribution in [0.2, 0.25) is 0 Å². The van der Waals surface area contributed by atoms with Crippen LogP contribution in [0.3, 0.4) is 0 Å². The van der Waals surface area contributed by atoms with Crippen LogP contribution in [0.4, 0.5) is 4.39 Å². The highest BCUT2D eigenvalue weighted by Gasteiger charge is 2.51. The molecule has 2 heterocycles. The highest BCUT2D eigenvalue weighted by molar-refractivity contribution is 5.61. The van der Waals surface area contributed by atoms with Gasteiger partial charge in [0.05, 0.1) is 24.3 Å². The molecule has 0 N–H and O–H groups in total. The fourth-order valence-corrected chi connectivity index (χ4v) is 2.68. The molecule has 3 heteroatoms. The van der Waals surface area contributed by atoms with E-state index in [1.165, 1.54) is 0 Å². The highest BCUT2D eigenvalue weighted by atomic mass is 19.1. The average molecular weight is 186 g/mol. The molecule has 0 spiro atoms. The van der Waals surface area contributed by atoms with Crippen LogP contribution in [0.15, 0.2) is 0 Å². The first-order valence-corrected chi connectivity index (χ1v) is 4.98. The van der Waals surface area contributed by atoms with E-state index < -0.39 is 0 Å². The van der Waals surface area contributed by atoms with Gasteiger partial charge in [0.25, 0.3) is 0 Å². The first-order valence-electron chi connectivity index (χ1n) is 4.98. The van der Waals surface area contributed by atoms with E-state index in [4.69, 9.17) is 4.74 Å². The minimum absolute atomic E-state index is 0.0848. The third kappa shape index (κ3) is 1.39. The van der Waals surface area contributed by atoms with E-state index in [1.54, 1.807) is 0 Å². The minimum Gasteiger partial charge on any atom is -0.374 e. The van der Waals surface area contributed by atoms with Crippen molar-refractivity contribution in [2.45, 2.75) is 44.3 Å². The second-order valence-corrected chi connectivity index (χ2v) is 4.17. The number of alkyl halides is 1. The molecule has 3 atom stereocenters. The summed E-state index contributed by atoms with van der Waals surface area (Å²) in [5, 5.41) is 0. The van der Waals surface area contributed by atoms with Gasteiger partial charge in [-0.1, -0.05) is 0 Å². The summed E-state index contributed by atoms with van der Waals surface area (Å²) in [5.74, 6) is 0. The summed E-state index contributed by atoms with van der Waals surface area (Å²) in [6.07, 6.45) is 5.40. The number of fused-ring (bicyclic) bond motifs is 2. The van der Waals surface area contributed by atoms with Gasteiger partial charge >= 0.3 is 0 Å². The second kappa shape index (κ2) is 3.37. The zero-order valence-corrected chi connectivity index (χ0v) is 7.67. The van der Waals surface area contributed by atoms with E-state index in [-0.39, 0.29) is 24.3 Å². The predicted octanol–water partition coefficient (Wildman–Crippen LogP) is 1.87. The summed E-state index contributed by atoms with van der Waals surface area (Å²) in [4.78, 5) is 11.0. The lowest BCUT2D eigenvalue weighted by Crippen LogP contribution is -2.34. The van der Waals surface area contributed by atoms with Crippen molar-refractivity contribution in [3.8, 4) is 0 Å². The molecular formula is C10H15FO2. The zero-order valence-electron chi connectivity index (χ0n) is 7.67. The van der Waals surface area contributed by atoms with Gasteiger partial charge in [-0.15, -0.1) is 0 Å². The molecule has 2 aliphatic rings. The summed E-state index contributed by atoms with van der Waals surface area (Å²) in [6, 6.07) is 0. The molecule has 0 aromatic rings.